The van der Waals surface area contributed by atoms with Gasteiger partial charge in [0.2, 0.25) is 0 Å². The molecule has 2 atom stereocenters. The Morgan fingerprint density at radius 3 is 2.69 bits per heavy atom. The minimum Gasteiger partial charge on any atom is -0.391 e. The normalized spacial score (nSPS) is 23.0. The van der Waals surface area contributed by atoms with Crippen molar-refractivity contribution in [1.29, 1.82) is 0 Å². The third kappa shape index (κ3) is 4.55. The monoisotopic (exact) mass is 362 g/mol. The van der Waals surface area contributed by atoms with Gasteiger partial charge in [0.05, 0.1) is 6.10 Å². The van der Waals surface area contributed by atoms with Gasteiger partial charge in [-0.05, 0) is 25.2 Å². The van der Waals surface area contributed by atoms with Crippen molar-refractivity contribution in [2.45, 2.75) is 83.4 Å². The molecule has 0 amide bonds. The molecule has 26 heavy (non-hydrogen) atoms. The molecule has 1 aliphatic heterocycles. The molecule has 146 valence electrons. The molecule has 7 nitrogen and oxygen atoms in total. The van der Waals surface area contributed by atoms with Crippen LogP contribution in [0.1, 0.15) is 69.9 Å². The zero-order valence-electron chi connectivity index (χ0n) is 16.4. The highest BCUT2D eigenvalue weighted by Crippen LogP contribution is 2.26. The first-order chi connectivity index (χ1) is 12.6. The van der Waals surface area contributed by atoms with E-state index < -0.39 is 0 Å². The summed E-state index contributed by atoms with van der Waals surface area (Å²) in [6.07, 6.45) is 7.74. The van der Waals surface area contributed by atoms with E-state index in [9.17, 15) is 5.11 Å². The molecule has 3 rings (SSSR count). The van der Waals surface area contributed by atoms with Crippen molar-refractivity contribution in [2.75, 3.05) is 13.6 Å². The van der Waals surface area contributed by atoms with E-state index in [0.717, 1.165) is 49.8 Å². The lowest BCUT2D eigenvalue weighted by Crippen LogP contribution is -2.49. The second-order valence-corrected chi connectivity index (χ2v) is 8.04. The second-order valence-electron chi connectivity index (χ2n) is 8.04. The van der Waals surface area contributed by atoms with Crippen LogP contribution in [0.4, 0.5) is 0 Å². The number of hydrogen-bond acceptors (Lipinski definition) is 4. The molecule has 2 aliphatic rings. The summed E-state index contributed by atoms with van der Waals surface area (Å²) >= 11 is 0. The molecule has 0 aromatic carbocycles. The van der Waals surface area contributed by atoms with Gasteiger partial charge < -0.3 is 20.3 Å². The highest BCUT2D eigenvalue weighted by atomic mass is 16.3. The summed E-state index contributed by atoms with van der Waals surface area (Å²) in [7, 11) is 1.79. The summed E-state index contributed by atoms with van der Waals surface area (Å²) in [6.45, 7) is 5.73. The molecule has 0 spiro atoms. The van der Waals surface area contributed by atoms with Crippen LogP contribution in [-0.4, -0.2) is 51.6 Å². The molecule has 0 radical (unpaired) electrons. The number of aromatic nitrogens is 3. The Bertz CT molecular complexity index is 605. The van der Waals surface area contributed by atoms with E-state index in [-0.39, 0.29) is 6.10 Å². The topological polar surface area (TPSA) is 87.4 Å². The zero-order chi connectivity index (χ0) is 18.5. The van der Waals surface area contributed by atoms with E-state index in [4.69, 9.17) is 0 Å². The fraction of sp³-hybridized carbons (Fsp3) is 0.842. The predicted octanol–water partition coefficient (Wildman–Crippen LogP) is 1.82. The van der Waals surface area contributed by atoms with Crippen molar-refractivity contribution in [3.8, 4) is 0 Å². The van der Waals surface area contributed by atoms with Crippen LogP contribution in [0, 0.1) is 5.92 Å². The number of aliphatic imine (C=N–C) groups is 1. The van der Waals surface area contributed by atoms with Crippen LogP contribution < -0.4 is 10.6 Å². The van der Waals surface area contributed by atoms with Crippen LogP contribution >= 0.6 is 0 Å². The summed E-state index contributed by atoms with van der Waals surface area (Å²) in [4.78, 5) is 4.34. The lowest BCUT2D eigenvalue weighted by Gasteiger charge is -2.29. The molecule has 0 saturated heterocycles. The van der Waals surface area contributed by atoms with Gasteiger partial charge in [-0.25, -0.2) is 0 Å². The van der Waals surface area contributed by atoms with E-state index >= 15 is 0 Å². The summed E-state index contributed by atoms with van der Waals surface area (Å²) < 4.78 is 2.25. The van der Waals surface area contributed by atoms with Crippen molar-refractivity contribution in [1.82, 2.24) is 25.4 Å². The number of hydrogen-bond donors (Lipinski definition) is 3. The summed E-state index contributed by atoms with van der Waals surface area (Å²) in [6, 6.07) is 0.300. The van der Waals surface area contributed by atoms with E-state index in [2.05, 4.69) is 44.2 Å². The van der Waals surface area contributed by atoms with Crippen LogP contribution in [-0.2, 0) is 13.0 Å². The first kappa shape index (κ1) is 19.1. The van der Waals surface area contributed by atoms with Crippen molar-refractivity contribution in [2.24, 2.45) is 10.9 Å². The average Bonchev–Trinajstić information content (AvgIpc) is 3.09. The maximum Gasteiger partial charge on any atom is 0.191 e. The van der Waals surface area contributed by atoms with Gasteiger partial charge in [-0.2, -0.15) is 0 Å². The van der Waals surface area contributed by atoms with Gasteiger partial charge in [0, 0.05) is 38.5 Å². The van der Waals surface area contributed by atoms with E-state index in [1.807, 2.05) is 0 Å². The Balaban J connectivity index is 1.51. The van der Waals surface area contributed by atoms with Gasteiger partial charge in [0.25, 0.3) is 0 Å². The summed E-state index contributed by atoms with van der Waals surface area (Å²) in [5.41, 5.74) is 0. The Morgan fingerprint density at radius 2 is 2.00 bits per heavy atom. The first-order valence-corrected chi connectivity index (χ1v) is 10.2. The van der Waals surface area contributed by atoms with Crippen molar-refractivity contribution >= 4 is 5.96 Å². The SMILES string of the molecule is CN=C(NCC(O)C1CCCCC1)NC1CCc2nnc(C(C)C)n2C1. The molecule has 3 N–H and O–H groups in total. The molecule has 1 aliphatic carbocycles. The summed E-state index contributed by atoms with van der Waals surface area (Å²) in [5.74, 6) is 3.72. The van der Waals surface area contributed by atoms with E-state index in [0.29, 0.717) is 24.4 Å². The Morgan fingerprint density at radius 1 is 1.23 bits per heavy atom. The number of aliphatic hydroxyl groups excluding tert-OH is 1. The largest absolute Gasteiger partial charge is 0.391 e. The van der Waals surface area contributed by atoms with Gasteiger partial charge in [0.1, 0.15) is 11.6 Å². The quantitative estimate of drug-likeness (QED) is 0.549. The third-order valence-electron chi connectivity index (χ3n) is 5.73. The third-order valence-corrected chi connectivity index (χ3v) is 5.73. The molecule has 1 saturated carbocycles. The molecule has 2 unspecified atom stereocenters. The lowest BCUT2D eigenvalue weighted by atomic mass is 9.85. The number of nitrogens with one attached hydrogen (secondary N) is 2. The molecule has 0 bridgehead atoms. The number of nitrogens with zero attached hydrogens (tertiary/aromatic N) is 4. The predicted molar refractivity (Wildman–Crippen MR) is 103 cm³/mol. The number of rotatable bonds is 5. The molecular weight excluding hydrogens is 328 g/mol. The van der Waals surface area contributed by atoms with Gasteiger partial charge >= 0.3 is 0 Å². The minimum atomic E-state index is -0.294. The van der Waals surface area contributed by atoms with Crippen LogP contribution in [0.5, 0.6) is 0 Å². The van der Waals surface area contributed by atoms with Gasteiger partial charge in [-0.1, -0.05) is 33.1 Å². The standard InChI is InChI=1S/C19H34N6O/c1-13(2)18-24-23-17-10-9-15(12-25(17)18)22-19(20-3)21-11-16(26)14-7-5-4-6-8-14/h13-16,26H,4-12H2,1-3H3,(H2,20,21,22). The van der Waals surface area contributed by atoms with Gasteiger partial charge in [-0.15, -0.1) is 10.2 Å². The Hall–Kier alpha value is -1.63. The van der Waals surface area contributed by atoms with Crippen LogP contribution in [0.2, 0.25) is 0 Å². The highest BCUT2D eigenvalue weighted by Gasteiger charge is 2.25. The second kappa shape index (κ2) is 8.84. The zero-order valence-corrected chi connectivity index (χ0v) is 16.4. The number of fused-ring (bicyclic) bond motifs is 1. The summed E-state index contributed by atoms with van der Waals surface area (Å²) in [5, 5.41) is 26.0. The van der Waals surface area contributed by atoms with Crippen LogP contribution in [0.25, 0.3) is 0 Å². The maximum atomic E-state index is 10.5. The molecule has 1 aromatic rings. The van der Waals surface area contributed by atoms with Crippen LogP contribution in [0.15, 0.2) is 4.99 Å². The van der Waals surface area contributed by atoms with Gasteiger partial charge in [0.15, 0.2) is 5.96 Å². The maximum absolute atomic E-state index is 10.5. The van der Waals surface area contributed by atoms with Crippen LogP contribution in [0.3, 0.4) is 0 Å². The van der Waals surface area contributed by atoms with Crippen molar-refractivity contribution in [3.05, 3.63) is 11.6 Å². The fourth-order valence-corrected chi connectivity index (χ4v) is 4.17. The number of aryl methyl sites for hydroxylation is 1. The molecule has 1 aromatic heterocycles. The molecule has 1 fully saturated rings. The Kier molecular flexibility index (Phi) is 6.51. The van der Waals surface area contributed by atoms with E-state index in [1.165, 1.54) is 19.3 Å². The molecule has 2 heterocycles. The van der Waals surface area contributed by atoms with E-state index in [1.54, 1.807) is 7.05 Å². The highest BCUT2D eigenvalue weighted by molar-refractivity contribution is 5.80. The molecular formula is C19H34N6O. The van der Waals surface area contributed by atoms with Gasteiger partial charge in [-0.3, -0.25) is 4.99 Å². The lowest BCUT2D eigenvalue weighted by molar-refractivity contribution is 0.0879. The number of aliphatic hydroxyl groups is 1. The Labute approximate surface area is 156 Å². The molecule has 7 heteroatoms. The first-order valence-electron chi connectivity index (χ1n) is 10.2. The van der Waals surface area contributed by atoms with Crippen molar-refractivity contribution in [3.63, 3.8) is 0 Å². The fourth-order valence-electron chi connectivity index (χ4n) is 4.17. The number of guanidine groups is 1. The smallest absolute Gasteiger partial charge is 0.191 e. The minimum absolute atomic E-state index is 0.294. The average molecular weight is 363 g/mol. The van der Waals surface area contributed by atoms with Crippen molar-refractivity contribution < 1.29 is 5.11 Å².